The van der Waals surface area contributed by atoms with Crippen molar-refractivity contribution in [1.29, 1.82) is 0 Å². The van der Waals surface area contributed by atoms with E-state index in [0.29, 0.717) is 5.75 Å². The molecule has 15 heavy (non-hydrogen) atoms. The van der Waals surface area contributed by atoms with Gasteiger partial charge in [-0.1, -0.05) is 32.9 Å². The molecule has 0 saturated heterocycles. The van der Waals surface area contributed by atoms with Gasteiger partial charge in [0.1, 0.15) is 5.75 Å². The summed E-state index contributed by atoms with van der Waals surface area (Å²) in [5, 5.41) is 8.63. The number of carbonyl (C=O) groups is 1. The Morgan fingerprint density at radius 3 is 2.40 bits per heavy atom. The van der Waals surface area contributed by atoms with E-state index in [1.807, 2.05) is 39.8 Å². The molecule has 0 radical (unpaired) electrons. The van der Waals surface area contributed by atoms with Crippen LogP contribution in [0.3, 0.4) is 0 Å². The Kier molecular flexibility index (Phi) is 3.03. The van der Waals surface area contributed by atoms with E-state index in [9.17, 15) is 4.79 Å². The van der Waals surface area contributed by atoms with Crippen LogP contribution < -0.4 is 4.74 Å². The van der Waals surface area contributed by atoms with Gasteiger partial charge in [-0.15, -0.1) is 0 Å². The third kappa shape index (κ3) is 2.98. The number of carboxylic acid groups (broad SMARTS) is 1. The minimum atomic E-state index is -1.27. The second-order valence-corrected chi connectivity index (χ2v) is 4.62. The fourth-order valence-electron chi connectivity index (χ4n) is 1.43. The van der Waals surface area contributed by atoms with Crippen molar-refractivity contribution in [1.82, 2.24) is 0 Å². The highest BCUT2D eigenvalue weighted by Gasteiger charge is 2.20. The summed E-state index contributed by atoms with van der Waals surface area (Å²) in [6, 6.07) is 5.61. The van der Waals surface area contributed by atoms with Crippen LogP contribution in [0.15, 0.2) is 18.2 Å². The lowest BCUT2D eigenvalue weighted by Gasteiger charge is -2.21. The van der Waals surface area contributed by atoms with Crippen molar-refractivity contribution in [3.63, 3.8) is 0 Å². The first kappa shape index (κ1) is 11.6. The van der Waals surface area contributed by atoms with Gasteiger partial charge in [-0.05, 0) is 24.0 Å². The van der Waals surface area contributed by atoms with Gasteiger partial charge in [-0.25, -0.2) is 4.79 Å². The summed E-state index contributed by atoms with van der Waals surface area (Å²) in [5.41, 5.74) is 1.76. The maximum absolute atomic E-state index is 10.5. The van der Waals surface area contributed by atoms with Crippen molar-refractivity contribution in [2.45, 2.75) is 33.1 Å². The van der Waals surface area contributed by atoms with Crippen LogP contribution in [0.1, 0.15) is 31.9 Å². The van der Waals surface area contributed by atoms with Gasteiger partial charge in [-0.2, -0.15) is 0 Å². The van der Waals surface area contributed by atoms with Crippen LogP contribution in [0.4, 0.5) is 4.79 Å². The fraction of sp³-hybridized carbons (Fsp3) is 0.417. The predicted molar refractivity (Wildman–Crippen MR) is 58.5 cm³/mol. The number of benzene rings is 1. The highest BCUT2D eigenvalue weighted by Crippen LogP contribution is 2.32. The van der Waals surface area contributed by atoms with Crippen LogP contribution in [0.25, 0.3) is 0 Å². The van der Waals surface area contributed by atoms with Gasteiger partial charge in [0.25, 0.3) is 0 Å². The smallest absolute Gasteiger partial charge is 0.449 e. The van der Waals surface area contributed by atoms with Crippen molar-refractivity contribution in [2.75, 3.05) is 0 Å². The van der Waals surface area contributed by atoms with Gasteiger partial charge < -0.3 is 9.84 Å². The molecule has 1 aromatic rings. The van der Waals surface area contributed by atoms with Gasteiger partial charge in [0, 0.05) is 5.56 Å². The zero-order valence-electron chi connectivity index (χ0n) is 9.50. The Morgan fingerprint density at radius 2 is 1.93 bits per heavy atom. The second-order valence-electron chi connectivity index (χ2n) is 4.62. The van der Waals surface area contributed by atoms with Crippen molar-refractivity contribution in [2.24, 2.45) is 0 Å². The Morgan fingerprint density at radius 1 is 1.33 bits per heavy atom. The highest BCUT2D eigenvalue weighted by molar-refractivity contribution is 5.62. The van der Waals surface area contributed by atoms with Crippen LogP contribution in [-0.4, -0.2) is 11.3 Å². The number of rotatable bonds is 1. The summed E-state index contributed by atoms with van der Waals surface area (Å²) < 4.78 is 4.77. The van der Waals surface area contributed by atoms with Crippen molar-refractivity contribution < 1.29 is 14.6 Å². The Hall–Kier alpha value is -1.51. The third-order valence-electron chi connectivity index (χ3n) is 2.14. The monoisotopic (exact) mass is 208 g/mol. The SMILES string of the molecule is Cc1ccc(C(C)(C)C)c(OC(=O)O)c1. The molecule has 0 aliphatic heterocycles. The molecule has 0 saturated carbocycles. The number of hydrogen-bond donors (Lipinski definition) is 1. The highest BCUT2D eigenvalue weighted by atomic mass is 16.7. The van der Waals surface area contributed by atoms with Gasteiger partial charge in [0.2, 0.25) is 0 Å². The molecule has 0 amide bonds. The molecule has 1 N–H and O–H groups in total. The molecule has 0 bridgehead atoms. The van der Waals surface area contributed by atoms with Gasteiger partial charge in [0.15, 0.2) is 0 Å². The lowest BCUT2D eigenvalue weighted by molar-refractivity contribution is 0.143. The molecule has 0 spiro atoms. The topological polar surface area (TPSA) is 46.5 Å². The standard InChI is InChI=1S/C12H16O3/c1-8-5-6-9(12(2,3)4)10(7-8)15-11(13)14/h5-7H,1-4H3,(H,13,14). The lowest BCUT2D eigenvalue weighted by atomic mass is 9.86. The molecule has 3 nitrogen and oxygen atoms in total. The number of ether oxygens (including phenoxy) is 1. The molecule has 0 unspecified atom stereocenters. The van der Waals surface area contributed by atoms with Crippen molar-refractivity contribution in [3.05, 3.63) is 29.3 Å². The van der Waals surface area contributed by atoms with E-state index in [1.165, 1.54) is 0 Å². The summed E-state index contributed by atoms with van der Waals surface area (Å²) >= 11 is 0. The molecule has 0 fully saturated rings. The van der Waals surface area contributed by atoms with E-state index in [4.69, 9.17) is 9.84 Å². The Bertz CT molecular complexity index is 375. The van der Waals surface area contributed by atoms with E-state index >= 15 is 0 Å². The first-order valence-corrected chi connectivity index (χ1v) is 4.82. The molecule has 0 aliphatic rings. The van der Waals surface area contributed by atoms with E-state index in [0.717, 1.165) is 11.1 Å². The molecule has 1 rings (SSSR count). The average molecular weight is 208 g/mol. The minimum absolute atomic E-state index is 0.127. The van der Waals surface area contributed by atoms with Gasteiger partial charge in [-0.3, -0.25) is 0 Å². The summed E-state index contributed by atoms with van der Waals surface area (Å²) in [6.45, 7) is 7.96. The summed E-state index contributed by atoms with van der Waals surface area (Å²) in [5.74, 6) is 0.426. The molecule has 0 aromatic heterocycles. The second kappa shape index (κ2) is 3.93. The zero-order chi connectivity index (χ0) is 11.6. The Balaban J connectivity index is 3.20. The van der Waals surface area contributed by atoms with Crippen LogP contribution in [-0.2, 0) is 5.41 Å². The zero-order valence-corrected chi connectivity index (χ0v) is 9.50. The molecular weight excluding hydrogens is 192 g/mol. The first-order chi connectivity index (χ1) is 6.80. The quantitative estimate of drug-likeness (QED) is 0.568. The molecule has 1 aromatic carbocycles. The largest absolute Gasteiger partial charge is 0.511 e. The van der Waals surface area contributed by atoms with E-state index in [1.54, 1.807) is 6.07 Å². The fourth-order valence-corrected chi connectivity index (χ4v) is 1.43. The molecule has 0 heterocycles. The summed E-state index contributed by atoms with van der Waals surface area (Å²) in [6.07, 6.45) is -1.27. The maximum Gasteiger partial charge on any atom is 0.511 e. The van der Waals surface area contributed by atoms with E-state index in [2.05, 4.69) is 0 Å². The molecule has 0 aliphatic carbocycles. The maximum atomic E-state index is 10.5. The summed E-state index contributed by atoms with van der Waals surface area (Å²) in [4.78, 5) is 10.5. The van der Waals surface area contributed by atoms with E-state index < -0.39 is 6.16 Å². The van der Waals surface area contributed by atoms with Crippen LogP contribution >= 0.6 is 0 Å². The lowest BCUT2D eigenvalue weighted by Crippen LogP contribution is -2.15. The number of aryl methyl sites for hydroxylation is 1. The molecular formula is C12H16O3. The normalized spacial score (nSPS) is 11.2. The molecule has 82 valence electrons. The van der Waals surface area contributed by atoms with Crippen molar-refractivity contribution in [3.8, 4) is 5.75 Å². The molecule has 0 atom stereocenters. The van der Waals surface area contributed by atoms with Gasteiger partial charge >= 0.3 is 6.16 Å². The van der Waals surface area contributed by atoms with Crippen LogP contribution in [0.2, 0.25) is 0 Å². The van der Waals surface area contributed by atoms with E-state index in [-0.39, 0.29) is 5.41 Å². The van der Waals surface area contributed by atoms with Crippen LogP contribution in [0.5, 0.6) is 5.75 Å². The summed E-state index contributed by atoms with van der Waals surface area (Å²) in [7, 11) is 0. The predicted octanol–water partition coefficient (Wildman–Crippen LogP) is 3.35. The Labute approximate surface area is 89.7 Å². The third-order valence-corrected chi connectivity index (χ3v) is 2.14. The average Bonchev–Trinajstić information content (AvgIpc) is 1.99. The number of hydrogen-bond acceptors (Lipinski definition) is 2. The van der Waals surface area contributed by atoms with Crippen LogP contribution in [0, 0.1) is 6.92 Å². The first-order valence-electron chi connectivity index (χ1n) is 4.82. The van der Waals surface area contributed by atoms with Gasteiger partial charge in [0.05, 0.1) is 0 Å². The minimum Gasteiger partial charge on any atom is -0.449 e. The van der Waals surface area contributed by atoms with Crippen molar-refractivity contribution >= 4 is 6.16 Å². The molecule has 3 heteroatoms.